The highest BCUT2D eigenvalue weighted by Crippen LogP contribution is 2.44. The minimum absolute atomic E-state index is 0.101. The summed E-state index contributed by atoms with van der Waals surface area (Å²) in [7, 11) is 0. The molecule has 2 aliphatic rings. The minimum atomic E-state index is -0.559. The first kappa shape index (κ1) is 12.5. The van der Waals surface area contributed by atoms with Crippen LogP contribution < -0.4 is 0 Å². The van der Waals surface area contributed by atoms with Crippen LogP contribution in [0.4, 0.5) is 0 Å². The fraction of sp³-hybridized carbons (Fsp3) is 0.615. The summed E-state index contributed by atoms with van der Waals surface area (Å²) in [5, 5.41) is 24.3. The van der Waals surface area contributed by atoms with Crippen LogP contribution in [-0.2, 0) is 0 Å². The number of Topliss-reactive ketones (excluding diaryl/α,β-unsaturated/α-hetero) is 1. The third kappa shape index (κ3) is 2.01. The van der Waals surface area contributed by atoms with Gasteiger partial charge in [-0.05, 0) is 18.4 Å². The van der Waals surface area contributed by atoms with Gasteiger partial charge in [0.05, 0.1) is 18.2 Å². The molecule has 4 atom stereocenters. The highest BCUT2D eigenvalue weighted by atomic mass is 16.3. The van der Waals surface area contributed by atoms with E-state index in [-0.39, 0.29) is 23.6 Å². The van der Waals surface area contributed by atoms with E-state index in [1.807, 2.05) is 0 Å². The molecule has 1 aromatic heterocycles. The molecule has 0 aliphatic heterocycles. The van der Waals surface area contributed by atoms with E-state index in [0.29, 0.717) is 12.8 Å². The molecule has 0 amide bonds. The molecule has 0 radical (unpaired) electrons. The number of aliphatic hydroxyl groups excluding tert-OH is 2. The SMILES string of the molecule is CC(=O)c1ncn([C@H]2C[C@H](O)[C@@H]3C2=CCC[C@H]3O)n1. The molecule has 0 aromatic carbocycles. The molecule has 0 bridgehead atoms. The molecule has 3 rings (SSSR count). The van der Waals surface area contributed by atoms with Gasteiger partial charge in [-0.25, -0.2) is 9.67 Å². The molecule has 6 nitrogen and oxygen atoms in total. The van der Waals surface area contributed by atoms with E-state index in [9.17, 15) is 15.0 Å². The minimum Gasteiger partial charge on any atom is -0.392 e. The second-order valence-electron chi connectivity index (χ2n) is 5.30. The molecule has 19 heavy (non-hydrogen) atoms. The van der Waals surface area contributed by atoms with Gasteiger partial charge in [0.1, 0.15) is 6.33 Å². The summed E-state index contributed by atoms with van der Waals surface area (Å²) < 4.78 is 1.63. The number of ketones is 1. The molecule has 1 aromatic rings. The number of rotatable bonds is 2. The van der Waals surface area contributed by atoms with Gasteiger partial charge in [0, 0.05) is 19.3 Å². The molecule has 2 aliphatic carbocycles. The molecule has 102 valence electrons. The number of allylic oxidation sites excluding steroid dienone is 1. The zero-order chi connectivity index (χ0) is 13.6. The number of aliphatic hydroxyl groups is 2. The topological polar surface area (TPSA) is 88.2 Å². The lowest BCUT2D eigenvalue weighted by molar-refractivity contribution is 0.0372. The van der Waals surface area contributed by atoms with Crippen LogP contribution in [0.15, 0.2) is 18.0 Å². The lowest BCUT2D eigenvalue weighted by Gasteiger charge is -2.27. The van der Waals surface area contributed by atoms with E-state index < -0.39 is 12.2 Å². The van der Waals surface area contributed by atoms with Gasteiger partial charge in [-0.2, -0.15) is 0 Å². The Morgan fingerprint density at radius 2 is 2.21 bits per heavy atom. The Labute approximate surface area is 110 Å². The number of nitrogens with zero attached hydrogens (tertiary/aromatic N) is 3. The summed E-state index contributed by atoms with van der Waals surface area (Å²) in [5.41, 5.74) is 1.02. The molecule has 0 unspecified atom stereocenters. The van der Waals surface area contributed by atoms with Gasteiger partial charge in [0.2, 0.25) is 5.82 Å². The van der Waals surface area contributed by atoms with E-state index in [4.69, 9.17) is 0 Å². The Hall–Kier alpha value is -1.53. The highest BCUT2D eigenvalue weighted by Gasteiger charge is 2.44. The highest BCUT2D eigenvalue weighted by molar-refractivity contribution is 5.89. The van der Waals surface area contributed by atoms with Gasteiger partial charge in [-0.3, -0.25) is 4.79 Å². The zero-order valence-corrected chi connectivity index (χ0v) is 10.7. The van der Waals surface area contributed by atoms with Crippen LogP contribution in [0, 0.1) is 5.92 Å². The van der Waals surface area contributed by atoms with Crippen LogP contribution >= 0.6 is 0 Å². The standard InChI is InChI=1S/C13H17N3O3/c1-7(17)13-14-6-16(15-13)9-5-11(19)12-8(9)3-2-4-10(12)18/h3,6,9-12,18-19H,2,4-5H2,1H3/t9-,10+,11-,12+/m0/s1. The third-order valence-corrected chi connectivity index (χ3v) is 4.05. The van der Waals surface area contributed by atoms with E-state index in [0.717, 1.165) is 12.0 Å². The van der Waals surface area contributed by atoms with Gasteiger partial charge in [0.25, 0.3) is 0 Å². The Balaban J connectivity index is 1.93. The van der Waals surface area contributed by atoms with Crippen molar-refractivity contribution in [3.8, 4) is 0 Å². The maximum Gasteiger partial charge on any atom is 0.216 e. The maximum atomic E-state index is 11.2. The lowest BCUT2D eigenvalue weighted by Crippen LogP contribution is -2.30. The van der Waals surface area contributed by atoms with Crippen molar-refractivity contribution in [3.05, 3.63) is 23.8 Å². The predicted molar refractivity (Wildman–Crippen MR) is 66.5 cm³/mol. The average Bonchev–Trinajstić information content (AvgIpc) is 2.95. The van der Waals surface area contributed by atoms with Crippen molar-refractivity contribution in [2.24, 2.45) is 5.92 Å². The van der Waals surface area contributed by atoms with Crippen molar-refractivity contribution in [2.45, 2.75) is 44.4 Å². The van der Waals surface area contributed by atoms with Crippen LogP contribution in [0.5, 0.6) is 0 Å². The Bertz CT molecular complexity index is 537. The first-order valence-corrected chi connectivity index (χ1v) is 6.56. The van der Waals surface area contributed by atoms with E-state index in [1.165, 1.54) is 13.3 Å². The Morgan fingerprint density at radius 3 is 2.89 bits per heavy atom. The molecule has 1 heterocycles. The maximum absolute atomic E-state index is 11.2. The van der Waals surface area contributed by atoms with Crippen LogP contribution in [-0.4, -0.2) is 43.0 Å². The largest absolute Gasteiger partial charge is 0.392 e. The number of aromatic nitrogens is 3. The number of carbonyl (C=O) groups excluding carboxylic acids is 1. The summed E-state index contributed by atoms with van der Waals surface area (Å²) in [4.78, 5) is 15.2. The van der Waals surface area contributed by atoms with E-state index in [1.54, 1.807) is 4.68 Å². The predicted octanol–water partition coefficient (Wildman–Crippen LogP) is 0.484. The normalized spacial score (nSPS) is 33.9. The number of hydrogen-bond donors (Lipinski definition) is 2. The van der Waals surface area contributed by atoms with Crippen molar-refractivity contribution in [1.29, 1.82) is 0 Å². The lowest BCUT2D eigenvalue weighted by atomic mass is 9.85. The molecular weight excluding hydrogens is 246 g/mol. The molecule has 1 saturated carbocycles. The van der Waals surface area contributed by atoms with Crippen LogP contribution in [0.25, 0.3) is 0 Å². The van der Waals surface area contributed by atoms with Crippen LogP contribution in [0.2, 0.25) is 0 Å². The van der Waals surface area contributed by atoms with Gasteiger partial charge in [-0.1, -0.05) is 6.08 Å². The van der Waals surface area contributed by atoms with Gasteiger partial charge < -0.3 is 10.2 Å². The van der Waals surface area contributed by atoms with Gasteiger partial charge in [-0.15, -0.1) is 5.10 Å². The molecule has 1 fully saturated rings. The molecule has 2 N–H and O–H groups in total. The summed E-state index contributed by atoms with van der Waals surface area (Å²) in [6.07, 6.45) is 4.56. The molecule has 0 saturated heterocycles. The summed E-state index contributed by atoms with van der Waals surface area (Å²) in [6, 6.07) is -0.101. The van der Waals surface area contributed by atoms with Crippen LogP contribution in [0.1, 0.15) is 42.8 Å². The molecular formula is C13H17N3O3. The van der Waals surface area contributed by atoms with Crippen molar-refractivity contribution in [2.75, 3.05) is 0 Å². The van der Waals surface area contributed by atoms with Gasteiger partial charge >= 0.3 is 0 Å². The third-order valence-electron chi connectivity index (χ3n) is 4.05. The van der Waals surface area contributed by atoms with Crippen molar-refractivity contribution in [3.63, 3.8) is 0 Å². The summed E-state index contributed by atoms with van der Waals surface area (Å²) in [6.45, 7) is 1.43. The van der Waals surface area contributed by atoms with E-state index in [2.05, 4.69) is 16.2 Å². The number of fused-ring (bicyclic) bond motifs is 1. The smallest absolute Gasteiger partial charge is 0.216 e. The van der Waals surface area contributed by atoms with Crippen LogP contribution in [0.3, 0.4) is 0 Å². The fourth-order valence-electron chi connectivity index (χ4n) is 3.15. The van der Waals surface area contributed by atoms with Crippen molar-refractivity contribution in [1.82, 2.24) is 14.8 Å². The average molecular weight is 263 g/mol. The first-order chi connectivity index (χ1) is 9.08. The fourth-order valence-corrected chi connectivity index (χ4v) is 3.15. The van der Waals surface area contributed by atoms with Gasteiger partial charge in [0.15, 0.2) is 5.78 Å². The van der Waals surface area contributed by atoms with E-state index >= 15 is 0 Å². The number of carbonyl (C=O) groups is 1. The second-order valence-corrected chi connectivity index (χ2v) is 5.30. The van der Waals surface area contributed by atoms with Crippen molar-refractivity contribution < 1.29 is 15.0 Å². The Kier molecular flexibility index (Phi) is 2.99. The molecule has 0 spiro atoms. The first-order valence-electron chi connectivity index (χ1n) is 6.56. The number of hydrogen-bond acceptors (Lipinski definition) is 5. The second kappa shape index (κ2) is 4.54. The monoisotopic (exact) mass is 263 g/mol. The summed E-state index contributed by atoms with van der Waals surface area (Å²) >= 11 is 0. The zero-order valence-electron chi connectivity index (χ0n) is 10.7. The molecule has 6 heteroatoms. The Morgan fingerprint density at radius 1 is 1.42 bits per heavy atom. The quantitative estimate of drug-likeness (QED) is 0.598. The summed E-state index contributed by atoms with van der Waals surface area (Å²) in [5.74, 6) is -0.190. The van der Waals surface area contributed by atoms with Crippen molar-refractivity contribution >= 4 is 5.78 Å².